The Kier molecular flexibility index (Phi) is 2.93. The number of hydrogen-bond acceptors (Lipinski definition) is 5. The molecule has 90 valence electrons. The summed E-state index contributed by atoms with van der Waals surface area (Å²) in [7, 11) is 0. The molecule has 1 amide bonds. The van der Waals surface area contributed by atoms with Crippen molar-refractivity contribution in [1.29, 1.82) is 0 Å². The average molecular weight is 258 g/mol. The fraction of sp³-hybridized carbons (Fsp3) is 0.167. The van der Waals surface area contributed by atoms with Crippen LogP contribution in [0.15, 0.2) is 35.5 Å². The maximum Gasteiger partial charge on any atom is 0.275 e. The van der Waals surface area contributed by atoms with Gasteiger partial charge in [0.05, 0.1) is 6.54 Å². The fourth-order valence-electron chi connectivity index (χ4n) is 1.65. The van der Waals surface area contributed by atoms with E-state index in [0.717, 1.165) is 17.7 Å². The largest absolute Gasteiger partial charge is 0.300 e. The summed E-state index contributed by atoms with van der Waals surface area (Å²) in [5.41, 5.74) is 0.933. The van der Waals surface area contributed by atoms with E-state index in [4.69, 9.17) is 0 Å². The molecule has 1 aliphatic rings. The highest BCUT2D eigenvalue weighted by atomic mass is 32.2. The molecule has 2 aromatic heterocycles. The SMILES string of the molecule is O=C(NC1=NCCS1)c1ccc2cccnc2n1. The summed E-state index contributed by atoms with van der Waals surface area (Å²) in [5.74, 6) is 0.679. The maximum atomic E-state index is 11.9. The molecule has 1 N–H and O–H groups in total. The predicted octanol–water partition coefficient (Wildman–Crippen LogP) is 1.46. The van der Waals surface area contributed by atoms with Crippen LogP contribution in [-0.4, -0.2) is 33.3 Å². The van der Waals surface area contributed by atoms with Crippen LogP contribution in [0.4, 0.5) is 0 Å². The highest BCUT2D eigenvalue weighted by Gasteiger charge is 2.13. The van der Waals surface area contributed by atoms with Gasteiger partial charge in [-0.25, -0.2) is 9.97 Å². The summed E-state index contributed by atoms with van der Waals surface area (Å²) in [5, 5.41) is 4.33. The molecular weight excluding hydrogens is 248 g/mol. The van der Waals surface area contributed by atoms with Crippen molar-refractivity contribution in [3.8, 4) is 0 Å². The molecule has 18 heavy (non-hydrogen) atoms. The van der Waals surface area contributed by atoms with E-state index in [1.54, 1.807) is 24.0 Å². The normalized spacial score (nSPS) is 14.6. The van der Waals surface area contributed by atoms with Crippen LogP contribution in [0.5, 0.6) is 0 Å². The number of amides is 1. The van der Waals surface area contributed by atoms with E-state index in [1.165, 1.54) is 0 Å². The quantitative estimate of drug-likeness (QED) is 0.841. The summed E-state index contributed by atoms with van der Waals surface area (Å²) in [6.45, 7) is 0.757. The van der Waals surface area contributed by atoms with Gasteiger partial charge in [0, 0.05) is 17.3 Å². The monoisotopic (exact) mass is 258 g/mol. The molecule has 2 aromatic rings. The van der Waals surface area contributed by atoms with Crippen LogP contribution in [0, 0.1) is 0 Å². The zero-order chi connectivity index (χ0) is 12.4. The molecule has 0 saturated carbocycles. The van der Waals surface area contributed by atoms with Crippen molar-refractivity contribution >= 4 is 33.9 Å². The van der Waals surface area contributed by atoms with Crippen LogP contribution in [0.25, 0.3) is 11.0 Å². The standard InChI is InChI=1S/C12H10N4OS/c17-11(16-12-14-6-7-18-12)9-4-3-8-2-1-5-13-10(8)15-9/h1-5H,6-7H2,(H,14,16,17). The van der Waals surface area contributed by atoms with Gasteiger partial charge >= 0.3 is 0 Å². The van der Waals surface area contributed by atoms with E-state index in [1.807, 2.05) is 18.2 Å². The van der Waals surface area contributed by atoms with Gasteiger partial charge in [0.2, 0.25) is 0 Å². The molecule has 0 atom stereocenters. The minimum Gasteiger partial charge on any atom is -0.300 e. The van der Waals surface area contributed by atoms with Gasteiger partial charge in [-0.2, -0.15) is 0 Å². The van der Waals surface area contributed by atoms with Crippen molar-refractivity contribution in [2.24, 2.45) is 4.99 Å². The second-order valence-corrected chi connectivity index (χ2v) is 4.82. The van der Waals surface area contributed by atoms with Crippen LogP contribution in [0.3, 0.4) is 0 Å². The summed E-state index contributed by atoms with van der Waals surface area (Å²) < 4.78 is 0. The number of aromatic nitrogens is 2. The number of nitrogens with zero attached hydrogens (tertiary/aromatic N) is 3. The van der Waals surface area contributed by atoms with Gasteiger partial charge in [0.25, 0.3) is 5.91 Å². The lowest BCUT2D eigenvalue weighted by molar-refractivity contribution is 0.0973. The van der Waals surface area contributed by atoms with E-state index in [0.29, 0.717) is 16.5 Å². The molecule has 6 heteroatoms. The van der Waals surface area contributed by atoms with Gasteiger partial charge in [0.1, 0.15) is 5.69 Å². The first kappa shape index (κ1) is 11.2. The van der Waals surface area contributed by atoms with Crippen LogP contribution < -0.4 is 5.32 Å². The third kappa shape index (κ3) is 2.19. The Morgan fingerprint density at radius 2 is 2.28 bits per heavy atom. The first-order valence-electron chi connectivity index (χ1n) is 5.53. The Balaban J connectivity index is 1.87. The van der Waals surface area contributed by atoms with Crippen molar-refractivity contribution in [2.75, 3.05) is 12.3 Å². The molecule has 0 fully saturated rings. The van der Waals surface area contributed by atoms with Gasteiger partial charge in [-0.15, -0.1) is 0 Å². The Hall–Kier alpha value is -1.95. The number of thioether (sulfide) groups is 1. The minimum atomic E-state index is -0.240. The first-order valence-corrected chi connectivity index (χ1v) is 6.52. The lowest BCUT2D eigenvalue weighted by Gasteiger charge is -2.03. The highest BCUT2D eigenvalue weighted by Crippen LogP contribution is 2.11. The predicted molar refractivity (Wildman–Crippen MR) is 71.8 cm³/mol. The van der Waals surface area contributed by atoms with Crippen LogP contribution in [0.1, 0.15) is 10.5 Å². The second kappa shape index (κ2) is 4.73. The molecule has 5 nitrogen and oxygen atoms in total. The number of fused-ring (bicyclic) bond motifs is 1. The first-order chi connectivity index (χ1) is 8.83. The number of amidine groups is 1. The molecule has 0 aliphatic carbocycles. The number of aliphatic imine (C=N–C) groups is 1. The van der Waals surface area contributed by atoms with Gasteiger partial charge in [-0.3, -0.25) is 15.1 Å². The zero-order valence-corrected chi connectivity index (χ0v) is 10.3. The molecule has 0 spiro atoms. The summed E-state index contributed by atoms with van der Waals surface area (Å²) in [6.07, 6.45) is 1.66. The van der Waals surface area contributed by atoms with Crippen LogP contribution in [-0.2, 0) is 0 Å². The Labute approximate surface area is 108 Å². The molecule has 0 aromatic carbocycles. The fourth-order valence-corrected chi connectivity index (χ4v) is 2.37. The molecule has 0 radical (unpaired) electrons. The van der Waals surface area contributed by atoms with E-state index in [-0.39, 0.29) is 5.91 Å². The Morgan fingerprint density at radius 1 is 1.33 bits per heavy atom. The van der Waals surface area contributed by atoms with Crippen molar-refractivity contribution in [3.63, 3.8) is 0 Å². The zero-order valence-electron chi connectivity index (χ0n) is 9.46. The van der Waals surface area contributed by atoms with Crippen molar-refractivity contribution in [2.45, 2.75) is 0 Å². The topological polar surface area (TPSA) is 67.2 Å². The Morgan fingerprint density at radius 3 is 3.11 bits per heavy atom. The average Bonchev–Trinajstić information content (AvgIpc) is 2.91. The lowest BCUT2D eigenvalue weighted by atomic mass is 10.2. The van der Waals surface area contributed by atoms with Gasteiger partial charge in [-0.05, 0) is 24.3 Å². The van der Waals surface area contributed by atoms with Crippen LogP contribution in [0.2, 0.25) is 0 Å². The maximum absolute atomic E-state index is 11.9. The molecule has 0 saturated heterocycles. The number of carbonyl (C=O) groups is 1. The number of rotatable bonds is 1. The molecule has 0 unspecified atom stereocenters. The summed E-state index contributed by atoms with van der Waals surface area (Å²) in [6, 6.07) is 7.29. The third-order valence-electron chi connectivity index (χ3n) is 2.50. The van der Waals surface area contributed by atoms with Crippen molar-refractivity contribution < 1.29 is 4.79 Å². The molecule has 0 bridgehead atoms. The number of nitrogens with one attached hydrogen (secondary N) is 1. The van der Waals surface area contributed by atoms with Gasteiger partial charge < -0.3 is 0 Å². The lowest BCUT2D eigenvalue weighted by Crippen LogP contribution is -2.28. The molecule has 3 rings (SSSR count). The minimum absolute atomic E-state index is 0.240. The molecule has 3 heterocycles. The van der Waals surface area contributed by atoms with Crippen LogP contribution >= 0.6 is 11.8 Å². The third-order valence-corrected chi connectivity index (χ3v) is 3.39. The number of carbonyl (C=O) groups excluding carboxylic acids is 1. The van der Waals surface area contributed by atoms with Crippen molar-refractivity contribution in [3.05, 3.63) is 36.2 Å². The molecule has 1 aliphatic heterocycles. The van der Waals surface area contributed by atoms with E-state index in [2.05, 4.69) is 20.3 Å². The smallest absolute Gasteiger partial charge is 0.275 e. The number of hydrogen-bond donors (Lipinski definition) is 1. The van der Waals surface area contributed by atoms with E-state index < -0.39 is 0 Å². The number of pyridine rings is 2. The highest BCUT2D eigenvalue weighted by molar-refractivity contribution is 8.14. The van der Waals surface area contributed by atoms with E-state index >= 15 is 0 Å². The van der Waals surface area contributed by atoms with Gasteiger partial charge in [0.15, 0.2) is 10.8 Å². The summed E-state index contributed by atoms with van der Waals surface area (Å²) >= 11 is 1.54. The summed E-state index contributed by atoms with van der Waals surface area (Å²) in [4.78, 5) is 24.5. The second-order valence-electron chi connectivity index (χ2n) is 3.74. The van der Waals surface area contributed by atoms with Gasteiger partial charge in [-0.1, -0.05) is 11.8 Å². The van der Waals surface area contributed by atoms with Crippen molar-refractivity contribution in [1.82, 2.24) is 15.3 Å². The van der Waals surface area contributed by atoms with E-state index in [9.17, 15) is 4.79 Å². The molecular formula is C12H10N4OS. The Bertz CT molecular complexity index is 641.